The molecule has 0 aliphatic rings. The van der Waals surface area contributed by atoms with Gasteiger partial charge in [0, 0.05) is 13.6 Å². The minimum atomic E-state index is -1.06. The fraction of sp³-hybridized carbons (Fsp3) is 0.0714. The number of ether oxygens (including phenoxy) is 1. The van der Waals surface area contributed by atoms with Crippen molar-refractivity contribution in [1.82, 2.24) is 0 Å². The molecule has 20 heavy (non-hydrogen) atoms. The summed E-state index contributed by atoms with van der Waals surface area (Å²) in [5, 5.41) is 9.13. The van der Waals surface area contributed by atoms with Crippen molar-refractivity contribution >= 4 is 44.5 Å². The van der Waals surface area contributed by atoms with Gasteiger partial charge in [-0.25, -0.2) is 9.18 Å². The molecule has 0 spiro atoms. The zero-order chi connectivity index (χ0) is 14.7. The van der Waals surface area contributed by atoms with Gasteiger partial charge in [-0.2, -0.15) is 0 Å². The summed E-state index contributed by atoms with van der Waals surface area (Å²) in [5.41, 5.74) is 0.698. The molecule has 2 rings (SSSR count). The number of carboxylic acid groups (broad SMARTS) is 1. The van der Waals surface area contributed by atoms with Crippen molar-refractivity contribution in [2.24, 2.45) is 0 Å². The largest absolute Gasteiger partial charge is 0.488 e. The van der Waals surface area contributed by atoms with Crippen molar-refractivity contribution in [2.75, 3.05) is 0 Å². The van der Waals surface area contributed by atoms with Crippen molar-refractivity contribution in [2.45, 2.75) is 6.61 Å². The highest BCUT2D eigenvalue weighted by Crippen LogP contribution is 2.24. The van der Waals surface area contributed by atoms with Crippen molar-refractivity contribution in [3.8, 4) is 5.75 Å². The number of rotatable bonds is 4. The predicted octanol–water partition coefficient (Wildman–Crippen LogP) is 4.47. The van der Waals surface area contributed by atoms with Crippen molar-refractivity contribution < 1.29 is 19.0 Å². The Balaban J connectivity index is 2.23. The van der Waals surface area contributed by atoms with Crippen LogP contribution in [0.1, 0.15) is 15.9 Å². The molecule has 0 saturated heterocycles. The van der Waals surface area contributed by atoms with Gasteiger partial charge < -0.3 is 9.84 Å². The van der Waals surface area contributed by atoms with Gasteiger partial charge in [-0.05, 0) is 59.0 Å². The second-order valence-corrected chi connectivity index (χ2v) is 6.07. The summed E-state index contributed by atoms with van der Waals surface area (Å²) in [7, 11) is 0. The summed E-state index contributed by atoms with van der Waals surface area (Å²) in [6.45, 7) is 0.0826. The Labute approximate surface area is 137 Å². The van der Waals surface area contributed by atoms with Crippen LogP contribution in [0.4, 0.5) is 4.39 Å². The maximum Gasteiger partial charge on any atom is 0.339 e. The second-order valence-electron chi connectivity index (χ2n) is 3.97. The summed E-state index contributed by atoms with van der Waals surface area (Å²) >= 11 is 5.33. The molecule has 2 aromatic rings. The van der Waals surface area contributed by atoms with E-state index in [1.807, 2.05) is 22.6 Å². The van der Waals surface area contributed by atoms with Gasteiger partial charge in [0.25, 0.3) is 0 Å². The van der Waals surface area contributed by atoms with E-state index in [-0.39, 0.29) is 23.7 Å². The molecule has 0 unspecified atom stereocenters. The number of hydrogen-bond donors (Lipinski definition) is 1. The number of carboxylic acids is 1. The number of halogens is 3. The van der Waals surface area contributed by atoms with E-state index in [4.69, 9.17) is 9.84 Å². The minimum Gasteiger partial charge on any atom is -0.488 e. The first-order chi connectivity index (χ1) is 9.47. The van der Waals surface area contributed by atoms with E-state index in [1.165, 1.54) is 18.2 Å². The maximum atomic E-state index is 13.2. The maximum absolute atomic E-state index is 13.2. The lowest BCUT2D eigenvalue weighted by atomic mass is 10.2. The molecule has 0 amide bonds. The quantitative estimate of drug-likeness (QED) is 0.699. The van der Waals surface area contributed by atoms with Crippen LogP contribution >= 0.6 is 38.5 Å². The van der Waals surface area contributed by atoms with E-state index in [0.29, 0.717) is 10.0 Å². The van der Waals surface area contributed by atoms with E-state index in [2.05, 4.69) is 15.9 Å². The molecule has 6 heteroatoms. The third kappa shape index (κ3) is 3.69. The van der Waals surface area contributed by atoms with E-state index in [0.717, 1.165) is 3.57 Å². The summed E-state index contributed by atoms with van der Waals surface area (Å²) < 4.78 is 20.2. The standard InChI is InChI=1S/C14H9BrFIO3/c15-12-3-1-9(16)5-8(12)7-20-13-4-2-10(17)6-11(13)14(18)19/h1-6H,7H2,(H,18,19). The average Bonchev–Trinajstić information content (AvgIpc) is 2.40. The molecule has 1 N–H and O–H groups in total. The zero-order valence-electron chi connectivity index (χ0n) is 10.1. The lowest BCUT2D eigenvalue weighted by Gasteiger charge is -2.11. The fourth-order valence-electron chi connectivity index (χ4n) is 1.60. The van der Waals surface area contributed by atoms with E-state index < -0.39 is 5.97 Å². The molecule has 0 bridgehead atoms. The first-order valence-corrected chi connectivity index (χ1v) is 7.44. The van der Waals surface area contributed by atoms with Crippen LogP contribution in [0, 0.1) is 9.39 Å². The Bertz CT molecular complexity index is 661. The predicted molar refractivity (Wildman–Crippen MR) is 84.6 cm³/mol. The first kappa shape index (κ1) is 15.2. The SMILES string of the molecule is O=C(O)c1cc(I)ccc1OCc1cc(F)ccc1Br. The first-order valence-electron chi connectivity index (χ1n) is 5.57. The molecule has 0 atom stereocenters. The molecule has 3 nitrogen and oxygen atoms in total. The van der Waals surface area contributed by atoms with Crippen LogP contribution in [-0.4, -0.2) is 11.1 Å². The van der Waals surface area contributed by atoms with Gasteiger partial charge in [-0.1, -0.05) is 15.9 Å². The van der Waals surface area contributed by atoms with Crippen LogP contribution in [0.3, 0.4) is 0 Å². The Hall–Kier alpha value is -1.15. The van der Waals surface area contributed by atoms with E-state index in [9.17, 15) is 9.18 Å². The highest BCUT2D eigenvalue weighted by molar-refractivity contribution is 14.1. The highest BCUT2D eigenvalue weighted by atomic mass is 127. The normalized spacial score (nSPS) is 10.3. The van der Waals surface area contributed by atoms with Gasteiger partial charge in [0.1, 0.15) is 23.7 Å². The second kappa shape index (κ2) is 6.53. The lowest BCUT2D eigenvalue weighted by Crippen LogP contribution is -2.04. The smallest absolute Gasteiger partial charge is 0.339 e. The molecule has 0 heterocycles. The molecule has 0 aromatic heterocycles. The lowest BCUT2D eigenvalue weighted by molar-refractivity contribution is 0.0691. The summed E-state index contributed by atoms with van der Waals surface area (Å²) in [4.78, 5) is 11.2. The molecular weight excluding hydrogens is 442 g/mol. The molecule has 0 fully saturated rings. The fourth-order valence-corrected chi connectivity index (χ4v) is 2.46. The van der Waals surface area contributed by atoms with Crippen LogP contribution < -0.4 is 4.74 Å². The monoisotopic (exact) mass is 450 g/mol. The van der Waals surface area contributed by atoms with E-state index >= 15 is 0 Å². The van der Waals surface area contributed by atoms with Gasteiger partial charge >= 0.3 is 5.97 Å². The number of hydrogen-bond acceptors (Lipinski definition) is 2. The minimum absolute atomic E-state index is 0.0826. The van der Waals surface area contributed by atoms with Crippen LogP contribution in [0.5, 0.6) is 5.75 Å². The summed E-state index contributed by atoms with van der Waals surface area (Å²) in [6.07, 6.45) is 0. The van der Waals surface area contributed by atoms with Gasteiger partial charge in [0.05, 0.1) is 0 Å². The summed E-state index contributed by atoms with van der Waals surface area (Å²) in [6, 6.07) is 9.14. The molecule has 0 radical (unpaired) electrons. The third-order valence-electron chi connectivity index (χ3n) is 2.56. The van der Waals surface area contributed by atoms with Crippen molar-refractivity contribution in [1.29, 1.82) is 0 Å². The summed E-state index contributed by atoms with van der Waals surface area (Å²) in [5.74, 6) is -1.17. The Morgan fingerprint density at radius 3 is 2.75 bits per heavy atom. The molecular formula is C14H9BrFIO3. The van der Waals surface area contributed by atoms with Crippen LogP contribution in [-0.2, 0) is 6.61 Å². The Kier molecular flexibility index (Phi) is 4.98. The van der Waals surface area contributed by atoms with Crippen molar-refractivity contribution in [3.63, 3.8) is 0 Å². The Morgan fingerprint density at radius 1 is 1.30 bits per heavy atom. The van der Waals surface area contributed by atoms with Gasteiger partial charge in [0.15, 0.2) is 0 Å². The Morgan fingerprint density at radius 2 is 2.05 bits per heavy atom. The van der Waals surface area contributed by atoms with Crippen LogP contribution in [0.2, 0.25) is 0 Å². The van der Waals surface area contributed by atoms with Gasteiger partial charge in [0.2, 0.25) is 0 Å². The zero-order valence-corrected chi connectivity index (χ0v) is 13.8. The molecule has 0 saturated carbocycles. The van der Waals surface area contributed by atoms with E-state index in [1.54, 1.807) is 18.2 Å². The molecule has 0 aliphatic heterocycles. The number of carbonyl (C=O) groups is 1. The average molecular weight is 451 g/mol. The van der Waals surface area contributed by atoms with Crippen LogP contribution in [0.15, 0.2) is 40.9 Å². The van der Waals surface area contributed by atoms with Gasteiger partial charge in [-0.15, -0.1) is 0 Å². The highest BCUT2D eigenvalue weighted by Gasteiger charge is 2.12. The third-order valence-corrected chi connectivity index (χ3v) is 4.01. The molecule has 104 valence electrons. The number of aromatic carboxylic acids is 1. The van der Waals surface area contributed by atoms with Gasteiger partial charge in [-0.3, -0.25) is 0 Å². The molecule has 0 aliphatic carbocycles. The van der Waals surface area contributed by atoms with Crippen LogP contribution in [0.25, 0.3) is 0 Å². The van der Waals surface area contributed by atoms with Crippen molar-refractivity contribution in [3.05, 3.63) is 61.4 Å². The topological polar surface area (TPSA) is 46.5 Å². The molecule has 2 aromatic carbocycles. The number of benzene rings is 2.